The summed E-state index contributed by atoms with van der Waals surface area (Å²) in [4.78, 5) is 29.6. The number of sulfonamides is 1. The van der Waals surface area contributed by atoms with Crippen LogP contribution < -0.4 is 15.4 Å². The first-order valence-corrected chi connectivity index (χ1v) is 14.2. The van der Waals surface area contributed by atoms with Gasteiger partial charge in [0, 0.05) is 10.9 Å². The number of carbonyl (C=O) groups excluding carboxylic acids is 2. The Hall–Kier alpha value is -3.83. The summed E-state index contributed by atoms with van der Waals surface area (Å²) in [5.41, 5.74) is 0.965. The number of anilines is 1. The number of hydrogen-bond acceptors (Lipinski definition) is 9. The zero-order valence-corrected chi connectivity index (χ0v) is 21.9. The molecular weight excluding hydrogens is 530 g/mol. The van der Waals surface area contributed by atoms with Crippen molar-refractivity contribution in [3.8, 4) is 6.07 Å². The number of carbonyl (C=O) groups is 2. The fraction of sp³-hybridized carbons (Fsp3) is 0.280. The molecule has 11 nitrogen and oxygen atoms in total. The largest absolute Gasteiger partial charge is 0.388 e. The Morgan fingerprint density at radius 3 is 2.16 bits per heavy atom. The lowest BCUT2D eigenvalue weighted by molar-refractivity contribution is -0.0212. The molecule has 0 aliphatic rings. The maximum absolute atomic E-state index is 13.0. The smallest absolute Gasteiger partial charge is 0.271 e. The number of rotatable bonds is 12. The van der Waals surface area contributed by atoms with E-state index in [-0.39, 0.29) is 23.7 Å². The first kappa shape index (κ1) is 28.7. The fourth-order valence-corrected chi connectivity index (χ4v) is 5.17. The third-order valence-corrected chi connectivity index (χ3v) is 6.91. The number of aromatic nitrogens is 1. The molecule has 5 N–H and O–H groups in total. The number of aliphatic hydroxyl groups is 2. The predicted octanol–water partition coefficient (Wildman–Crippen LogP) is 1.29. The minimum atomic E-state index is -3.59. The van der Waals surface area contributed by atoms with E-state index in [0.717, 1.165) is 23.2 Å². The van der Waals surface area contributed by atoms with E-state index < -0.39 is 46.1 Å². The first-order valence-electron chi connectivity index (χ1n) is 11.4. The second-order valence-electron chi connectivity index (χ2n) is 8.47. The maximum atomic E-state index is 13.0. The molecule has 3 rings (SSSR count). The Kier molecular flexibility index (Phi) is 9.91. The van der Waals surface area contributed by atoms with E-state index >= 15 is 0 Å². The fourth-order valence-electron chi connectivity index (χ4n) is 3.62. The second-order valence-corrected chi connectivity index (χ2v) is 11.1. The molecule has 4 atom stereocenters. The molecule has 38 heavy (non-hydrogen) atoms. The van der Waals surface area contributed by atoms with E-state index in [0.29, 0.717) is 5.56 Å². The van der Waals surface area contributed by atoms with Gasteiger partial charge in [-0.3, -0.25) is 14.3 Å². The maximum Gasteiger partial charge on any atom is 0.271 e. The van der Waals surface area contributed by atoms with Crippen LogP contribution in [-0.4, -0.2) is 66.0 Å². The van der Waals surface area contributed by atoms with Crippen molar-refractivity contribution in [2.24, 2.45) is 0 Å². The van der Waals surface area contributed by atoms with Gasteiger partial charge >= 0.3 is 0 Å². The minimum Gasteiger partial charge on any atom is -0.388 e. The van der Waals surface area contributed by atoms with Crippen molar-refractivity contribution in [2.75, 3.05) is 11.0 Å². The van der Waals surface area contributed by atoms with Crippen molar-refractivity contribution in [1.82, 2.24) is 15.6 Å². The van der Waals surface area contributed by atoms with Crippen molar-refractivity contribution >= 4 is 38.3 Å². The van der Waals surface area contributed by atoms with E-state index in [9.17, 15) is 33.5 Å². The van der Waals surface area contributed by atoms with Crippen LogP contribution >= 0.6 is 11.3 Å². The van der Waals surface area contributed by atoms with Crippen LogP contribution in [0.2, 0.25) is 0 Å². The molecule has 0 aliphatic heterocycles. The van der Waals surface area contributed by atoms with Gasteiger partial charge in [0.1, 0.15) is 17.9 Å². The van der Waals surface area contributed by atoms with E-state index in [1.54, 1.807) is 60.7 Å². The molecular formula is C25H27N5O6S2. The number of nitrogens with zero attached hydrogens (tertiary/aromatic N) is 2. The van der Waals surface area contributed by atoms with Crippen molar-refractivity contribution in [1.29, 1.82) is 5.26 Å². The van der Waals surface area contributed by atoms with E-state index in [1.165, 1.54) is 5.38 Å². The summed E-state index contributed by atoms with van der Waals surface area (Å²) in [6.07, 6.45) is -2.45. The quantitative estimate of drug-likeness (QED) is 0.221. The Balaban J connectivity index is 1.81. The minimum absolute atomic E-state index is 0.00412. The highest BCUT2D eigenvalue weighted by Crippen LogP contribution is 2.18. The van der Waals surface area contributed by atoms with Gasteiger partial charge in [0.15, 0.2) is 5.13 Å². The van der Waals surface area contributed by atoms with Gasteiger partial charge < -0.3 is 20.8 Å². The number of nitriles is 1. The average molecular weight is 558 g/mol. The molecule has 2 aromatic carbocycles. The molecule has 0 saturated heterocycles. The number of thiazole rings is 1. The van der Waals surface area contributed by atoms with Gasteiger partial charge in [-0.15, -0.1) is 11.3 Å². The highest BCUT2D eigenvalue weighted by atomic mass is 32.2. The van der Waals surface area contributed by atoms with Gasteiger partial charge in [-0.2, -0.15) is 5.26 Å². The number of nitrogens with one attached hydrogen (secondary N) is 3. The number of benzene rings is 2. The van der Waals surface area contributed by atoms with Crippen LogP contribution in [-0.2, 0) is 16.4 Å². The monoisotopic (exact) mass is 557 g/mol. The lowest BCUT2D eigenvalue weighted by atomic mass is 9.92. The van der Waals surface area contributed by atoms with E-state index in [2.05, 4.69) is 20.3 Å². The summed E-state index contributed by atoms with van der Waals surface area (Å²) in [6.45, 7) is 0. The summed E-state index contributed by atoms with van der Waals surface area (Å²) < 4.78 is 25.1. The molecule has 0 saturated carbocycles. The lowest BCUT2D eigenvalue weighted by Crippen LogP contribution is -2.56. The highest BCUT2D eigenvalue weighted by Gasteiger charge is 2.34. The van der Waals surface area contributed by atoms with Gasteiger partial charge in [0.2, 0.25) is 10.0 Å². The normalized spacial score (nSPS) is 14.4. The van der Waals surface area contributed by atoms with Crippen LogP contribution in [0.4, 0.5) is 5.13 Å². The van der Waals surface area contributed by atoms with Crippen LogP contribution in [0.15, 0.2) is 66.0 Å². The number of amides is 2. The Bertz CT molecular complexity index is 1380. The molecule has 13 heteroatoms. The van der Waals surface area contributed by atoms with Crippen molar-refractivity contribution < 1.29 is 28.2 Å². The summed E-state index contributed by atoms with van der Waals surface area (Å²) in [6, 6.07) is 16.8. The van der Waals surface area contributed by atoms with Crippen LogP contribution in [0, 0.1) is 11.3 Å². The highest BCUT2D eigenvalue weighted by molar-refractivity contribution is 7.92. The summed E-state index contributed by atoms with van der Waals surface area (Å²) in [5, 5.41) is 38.0. The SMILES string of the molecule is CS(=O)(=O)Nc1nc(C(=O)N[C@@H](Cc2ccccc2)[C@@H](O)[C@H](O)[C@@H](CC#N)NC(=O)c2ccccc2)cs1. The van der Waals surface area contributed by atoms with Crippen LogP contribution in [0.1, 0.15) is 32.8 Å². The third kappa shape index (κ3) is 8.35. The van der Waals surface area contributed by atoms with Gasteiger partial charge in [-0.05, 0) is 24.1 Å². The van der Waals surface area contributed by atoms with Crippen molar-refractivity contribution in [2.45, 2.75) is 37.1 Å². The molecule has 0 radical (unpaired) electrons. The summed E-state index contributed by atoms with van der Waals surface area (Å²) >= 11 is 0.909. The van der Waals surface area contributed by atoms with Crippen LogP contribution in [0.5, 0.6) is 0 Å². The molecule has 2 amide bonds. The average Bonchev–Trinajstić information content (AvgIpc) is 3.35. The van der Waals surface area contributed by atoms with Crippen molar-refractivity contribution in [3.63, 3.8) is 0 Å². The topological polar surface area (TPSA) is 182 Å². The molecule has 0 unspecified atom stereocenters. The van der Waals surface area contributed by atoms with Gasteiger partial charge in [0.05, 0.1) is 30.8 Å². The van der Waals surface area contributed by atoms with Gasteiger partial charge in [-0.25, -0.2) is 13.4 Å². The Morgan fingerprint density at radius 2 is 1.55 bits per heavy atom. The molecule has 1 aromatic heterocycles. The zero-order valence-electron chi connectivity index (χ0n) is 20.3. The van der Waals surface area contributed by atoms with Gasteiger partial charge in [0.25, 0.3) is 11.8 Å². The number of aliphatic hydroxyl groups excluding tert-OH is 2. The molecule has 1 heterocycles. The first-order chi connectivity index (χ1) is 18.1. The Labute approximate surface area is 224 Å². The molecule has 3 aromatic rings. The standard InChI is InChI=1S/C25H27N5O6S2/c1-38(35,36)30-25-29-20(15-37-25)24(34)28-19(14-16-8-4-2-5-9-16)22(32)21(31)18(12-13-26)27-23(33)17-10-6-3-7-11-17/h2-11,15,18-19,21-22,31-32H,12,14H2,1H3,(H,27,33)(H,28,34)(H,29,30)/t18-,19+,21-,22-/m1/s1. The summed E-state index contributed by atoms with van der Waals surface area (Å²) in [7, 11) is -3.59. The summed E-state index contributed by atoms with van der Waals surface area (Å²) in [5.74, 6) is -1.24. The van der Waals surface area contributed by atoms with E-state index in [1.807, 2.05) is 6.07 Å². The molecule has 0 fully saturated rings. The predicted molar refractivity (Wildman–Crippen MR) is 142 cm³/mol. The lowest BCUT2D eigenvalue weighted by Gasteiger charge is -2.32. The van der Waals surface area contributed by atoms with Crippen molar-refractivity contribution in [3.05, 3.63) is 82.9 Å². The number of hydrogen-bond donors (Lipinski definition) is 5. The molecule has 0 spiro atoms. The van der Waals surface area contributed by atoms with Crippen LogP contribution in [0.3, 0.4) is 0 Å². The van der Waals surface area contributed by atoms with Gasteiger partial charge in [-0.1, -0.05) is 48.5 Å². The molecule has 200 valence electrons. The molecule has 0 aliphatic carbocycles. The molecule has 0 bridgehead atoms. The van der Waals surface area contributed by atoms with Crippen LogP contribution in [0.25, 0.3) is 0 Å². The Morgan fingerprint density at radius 1 is 0.974 bits per heavy atom. The zero-order chi connectivity index (χ0) is 27.7. The third-order valence-electron chi connectivity index (χ3n) is 5.46. The second kappa shape index (κ2) is 13.1. The van der Waals surface area contributed by atoms with E-state index in [4.69, 9.17) is 0 Å².